The number of hydrazine groups is 1. The summed E-state index contributed by atoms with van der Waals surface area (Å²) in [4.78, 5) is 0. The molecule has 92 valence electrons. The highest BCUT2D eigenvalue weighted by molar-refractivity contribution is 5.03. The highest BCUT2D eigenvalue weighted by Crippen LogP contribution is 2.53. The lowest BCUT2D eigenvalue weighted by Crippen LogP contribution is -2.45. The summed E-state index contributed by atoms with van der Waals surface area (Å²) < 4.78 is 0. The average Bonchev–Trinajstić information content (AvgIpc) is 2.15. The third-order valence-electron chi connectivity index (χ3n) is 4.00. The van der Waals surface area contributed by atoms with Gasteiger partial charge in [0.1, 0.15) is 0 Å². The third-order valence-corrected chi connectivity index (χ3v) is 4.00. The minimum absolute atomic E-state index is 0.658. The molecule has 0 aromatic heterocycles. The molecule has 1 heterocycles. The van der Waals surface area contributed by atoms with Gasteiger partial charge in [-0.1, -0.05) is 0 Å². The number of rotatable bonds is 3. The molecule has 0 unspecified atom stereocenters. The van der Waals surface area contributed by atoms with Crippen molar-refractivity contribution in [1.82, 2.24) is 10.3 Å². The third kappa shape index (κ3) is 2.68. The molecular weight excluding hydrogens is 200 g/mol. The minimum atomic E-state index is 0.658. The average molecular weight is 224 g/mol. The van der Waals surface area contributed by atoms with E-state index in [0.717, 1.165) is 18.0 Å². The van der Waals surface area contributed by atoms with Crippen molar-refractivity contribution in [1.29, 1.82) is 0 Å². The first kappa shape index (κ1) is 11.7. The summed E-state index contributed by atoms with van der Waals surface area (Å²) in [6.45, 7) is 2.40. The van der Waals surface area contributed by atoms with Gasteiger partial charge in [-0.05, 0) is 56.5 Å². The van der Waals surface area contributed by atoms with Crippen LogP contribution in [0.4, 0.5) is 0 Å². The zero-order chi connectivity index (χ0) is 11.6. The Labute approximate surface area is 98.0 Å². The molecule has 1 aliphatic carbocycles. The molecule has 4 heteroatoms. The van der Waals surface area contributed by atoms with Gasteiger partial charge < -0.3 is 16.1 Å². The second-order valence-corrected chi connectivity index (χ2v) is 5.60. The molecule has 2 aliphatic rings. The summed E-state index contributed by atoms with van der Waals surface area (Å²) in [6, 6.07) is 0. The first-order valence-electron chi connectivity index (χ1n) is 6.24. The summed E-state index contributed by atoms with van der Waals surface area (Å²) in [6.07, 6.45) is 8.26. The summed E-state index contributed by atoms with van der Waals surface area (Å²) in [5.41, 5.74) is 7.50. The van der Waals surface area contributed by atoms with E-state index in [9.17, 15) is 0 Å². The van der Waals surface area contributed by atoms with E-state index >= 15 is 0 Å². The maximum Gasteiger partial charge on any atom is 0.0339 e. The van der Waals surface area contributed by atoms with Crippen molar-refractivity contribution in [3.8, 4) is 0 Å². The molecule has 5 N–H and O–H groups in total. The number of piperidine rings is 1. The van der Waals surface area contributed by atoms with Crippen LogP contribution >= 0.6 is 0 Å². The molecule has 0 atom stereocenters. The highest BCUT2D eigenvalue weighted by atomic mass is 15.4. The lowest BCUT2D eigenvalue weighted by Gasteiger charge is -2.50. The van der Waals surface area contributed by atoms with Crippen LogP contribution in [0.1, 0.15) is 32.1 Å². The van der Waals surface area contributed by atoms with E-state index in [2.05, 4.69) is 5.32 Å². The molecule has 2 rings (SSSR count). The molecule has 0 aromatic rings. The summed E-state index contributed by atoms with van der Waals surface area (Å²) >= 11 is 0. The Morgan fingerprint density at radius 3 is 2.62 bits per heavy atom. The molecule has 1 aliphatic heterocycles. The molecule has 2 fully saturated rings. The Balaban J connectivity index is 1.75. The first-order valence-corrected chi connectivity index (χ1v) is 6.24. The zero-order valence-electron chi connectivity index (χ0n) is 10.2. The van der Waals surface area contributed by atoms with Gasteiger partial charge in [0.15, 0.2) is 0 Å². The first-order chi connectivity index (χ1) is 7.60. The molecule has 4 nitrogen and oxygen atoms in total. The molecule has 16 heavy (non-hydrogen) atoms. The molecule has 0 amide bonds. The Morgan fingerprint density at radius 2 is 2.06 bits per heavy atom. The molecule has 1 spiro atoms. The topological polar surface area (TPSA) is 67.3 Å². The fraction of sp³-hybridized carbons (Fsp3) is 0.833. The van der Waals surface area contributed by atoms with Gasteiger partial charge in [0, 0.05) is 18.9 Å². The minimum Gasteiger partial charge on any atom is -0.401 e. The van der Waals surface area contributed by atoms with Crippen LogP contribution in [-0.2, 0) is 0 Å². The maximum absolute atomic E-state index is 5.93. The van der Waals surface area contributed by atoms with Crippen LogP contribution in [0.5, 0.6) is 0 Å². The molecule has 0 bridgehead atoms. The van der Waals surface area contributed by atoms with Crippen LogP contribution < -0.4 is 16.9 Å². The van der Waals surface area contributed by atoms with Gasteiger partial charge in [-0.3, -0.25) is 0 Å². The number of hydrogen-bond acceptors (Lipinski definition) is 4. The van der Waals surface area contributed by atoms with E-state index in [1.165, 1.54) is 43.8 Å². The van der Waals surface area contributed by atoms with Crippen LogP contribution in [0.15, 0.2) is 11.9 Å². The number of hydrogen-bond donors (Lipinski definition) is 3. The summed E-state index contributed by atoms with van der Waals surface area (Å²) in [5, 5.41) is 4.97. The van der Waals surface area contributed by atoms with Gasteiger partial charge in [-0.2, -0.15) is 0 Å². The van der Waals surface area contributed by atoms with Gasteiger partial charge in [-0.15, -0.1) is 0 Å². The second-order valence-electron chi connectivity index (χ2n) is 5.60. The molecule has 1 saturated heterocycles. The second kappa shape index (κ2) is 4.63. The van der Waals surface area contributed by atoms with E-state index in [1.54, 1.807) is 0 Å². The van der Waals surface area contributed by atoms with E-state index < -0.39 is 0 Å². The monoisotopic (exact) mass is 224 g/mol. The van der Waals surface area contributed by atoms with Crippen LogP contribution in [0.2, 0.25) is 0 Å². The molecule has 0 radical (unpaired) electrons. The summed E-state index contributed by atoms with van der Waals surface area (Å²) in [5.74, 6) is 6.32. The van der Waals surface area contributed by atoms with Gasteiger partial charge in [0.25, 0.3) is 0 Å². The van der Waals surface area contributed by atoms with Crippen molar-refractivity contribution >= 4 is 0 Å². The highest BCUT2D eigenvalue weighted by Gasteiger charge is 2.44. The number of nitrogens with two attached hydrogens (primary N) is 2. The predicted octanol–water partition coefficient (Wildman–Crippen LogP) is 0.762. The molecular formula is C12H24N4. The molecule has 1 saturated carbocycles. The fourth-order valence-corrected chi connectivity index (χ4v) is 3.32. The number of nitrogens with one attached hydrogen (secondary N) is 1. The van der Waals surface area contributed by atoms with Crippen molar-refractivity contribution in [2.75, 3.05) is 20.1 Å². The van der Waals surface area contributed by atoms with E-state index in [1.807, 2.05) is 13.2 Å². The van der Waals surface area contributed by atoms with Crippen LogP contribution in [0.25, 0.3) is 0 Å². The van der Waals surface area contributed by atoms with Crippen LogP contribution in [0.3, 0.4) is 0 Å². The van der Waals surface area contributed by atoms with Crippen LogP contribution in [0, 0.1) is 11.3 Å². The van der Waals surface area contributed by atoms with Crippen molar-refractivity contribution < 1.29 is 0 Å². The van der Waals surface area contributed by atoms with E-state index in [-0.39, 0.29) is 0 Å². The SMILES string of the molecule is CN(N)/C=C(\N)CC1CC2(CCNCC2)C1. The quantitative estimate of drug-likeness (QED) is 0.489. The normalized spacial score (nSPS) is 25.5. The molecule has 0 aromatic carbocycles. The number of allylic oxidation sites excluding steroid dienone is 1. The Kier molecular flexibility index (Phi) is 3.40. The van der Waals surface area contributed by atoms with Gasteiger partial charge in [0.05, 0.1) is 0 Å². The smallest absolute Gasteiger partial charge is 0.0339 e. The van der Waals surface area contributed by atoms with Gasteiger partial charge in [0.2, 0.25) is 0 Å². The fourth-order valence-electron chi connectivity index (χ4n) is 3.32. The largest absolute Gasteiger partial charge is 0.401 e. The predicted molar refractivity (Wildman–Crippen MR) is 66.1 cm³/mol. The maximum atomic E-state index is 5.93. The lowest BCUT2D eigenvalue weighted by atomic mass is 9.57. The Morgan fingerprint density at radius 1 is 1.44 bits per heavy atom. The van der Waals surface area contributed by atoms with Gasteiger partial charge in [-0.25, -0.2) is 5.84 Å². The lowest BCUT2D eigenvalue weighted by molar-refractivity contribution is 0.0218. The number of nitrogens with zero attached hydrogens (tertiary/aromatic N) is 1. The zero-order valence-corrected chi connectivity index (χ0v) is 10.2. The summed E-state index contributed by atoms with van der Waals surface area (Å²) in [7, 11) is 1.81. The standard InChI is InChI=1S/C12H24N4/c1-16(14)9-11(13)6-10-7-12(8-10)2-4-15-5-3-12/h9-10,15H,2-8,13-14H2,1H3/b11-9-. The van der Waals surface area contributed by atoms with Crippen molar-refractivity contribution in [3.63, 3.8) is 0 Å². The van der Waals surface area contributed by atoms with E-state index in [0.29, 0.717) is 5.41 Å². The van der Waals surface area contributed by atoms with E-state index in [4.69, 9.17) is 11.6 Å². The van der Waals surface area contributed by atoms with Crippen molar-refractivity contribution in [3.05, 3.63) is 11.9 Å². The van der Waals surface area contributed by atoms with Gasteiger partial charge >= 0.3 is 0 Å². The van der Waals surface area contributed by atoms with Crippen molar-refractivity contribution in [2.24, 2.45) is 22.9 Å². The Hall–Kier alpha value is -0.740. The van der Waals surface area contributed by atoms with Crippen LogP contribution in [-0.4, -0.2) is 25.1 Å². The van der Waals surface area contributed by atoms with Crippen molar-refractivity contribution in [2.45, 2.75) is 32.1 Å². The Bertz CT molecular complexity index is 258.